The molecule has 0 spiro atoms. The van der Waals surface area contributed by atoms with Gasteiger partial charge in [-0.25, -0.2) is 8.42 Å². The molecule has 1 saturated heterocycles. The van der Waals surface area contributed by atoms with Gasteiger partial charge in [-0.05, 0) is 62.7 Å². The van der Waals surface area contributed by atoms with Crippen LogP contribution in [0.2, 0.25) is 0 Å². The quantitative estimate of drug-likeness (QED) is 0.707. The minimum atomic E-state index is -3.63. The van der Waals surface area contributed by atoms with E-state index in [1.165, 1.54) is 0 Å². The molecule has 0 radical (unpaired) electrons. The molecular formula is C19H24ClN3O3S. The zero-order valence-corrected chi connectivity index (χ0v) is 16.7. The minimum Gasteiger partial charge on any atom is -0.325 e. The summed E-state index contributed by atoms with van der Waals surface area (Å²) < 4.78 is 27.3. The van der Waals surface area contributed by atoms with E-state index in [9.17, 15) is 13.2 Å². The SMILES string of the molecule is Cc1ccc(S(=O)(=O)Nc2ccc(NC(=O)C3CCCCN3)cc2)cc1.Cl. The number of rotatable bonds is 5. The number of carbonyl (C=O) groups is 1. The fourth-order valence-corrected chi connectivity index (χ4v) is 3.92. The van der Waals surface area contributed by atoms with Crippen LogP contribution in [0.15, 0.2) is 53.4 Å². The van der Waals surface area contributed by atoms with Crippen LogP contribution in [0.5, 0.6) is 0 Å². The fourth-order valence-electron chi connectivity index (χ4n) is 2.86. The summed E-state index contributed by atoms with van der Waals surface area (Å²) in [6.45, 7) is 2.76. The van der Waals surface area contributed by atoms with Crippen molar-refractivity contribution in [1.29, 1.82) is 0 Å². The lowest BCUT2D eigenvalue weighted by Crippen LogP contribution is -2.43. The maximum absolute atomic E-state index is 12.4. The normalized spacial score (nSPS) is 16.9. The molecule has 2 aromatic rings. The van der Waals surface area contributed by atoms with E-state index in [4.69, 9.17) is 0 Å². The molecule has 3 N–H and O–H groups in total. The van der Waals surface area contributed by atoms with E-state index in [2.05, 4.69) is 15.4 Å². The molecule has 0 aromatic heterocycles. The van der Waals surface area contributed by atoms with Crippen LogP contribution in [-0.2, 0) is 14.8 Å². The Kier molecular flexibility index (Phi) is 7.24. The summed E-state index contributed by atoms with van der Waals surface area (Å²) in [5.41, 5.74) is 2.08. The van der Waals surface area contributed by atoms with Gasteiger partial charge in [0.05, 0.1) is 10.9 Å². The van der Waals surface area contributed by atoms with E-state index < -0.39 is 10.0 Å². The molecule has 1 amide bonds. The summed E-state index contributed by atoms with van der Waals surface area (Å²) in [6, 6.07) is 13.1. The number of hydrogen-bond acceptors (Lipinski definition) is 4. The molecule has 146 valence electrons. The van der Waals surface area contributed by atoms with Crippen molar-refractivity contribution in [2.45, 2.75) is 37.1 Å². The van der Waals surface area contributed by atoms with Gasteiger partial charge in [-0.15, -0.1) is 12.4 Å². The van der Waals surface area contributed by atoms with Gasteiger partial charge in [0, 0.05) is 11.4 Å². The van der Waals surface area contributed by atoms with E-state index in [0.29, 0.717) is 11.4 Å². The number of piperidine rings is 1. The number of carbonyl (C=O) groups excluding carboxylic acids is 1. The summed E-state index contributed by atoms with van der Waals surface area (Å²) in [4.78, 5) is 12.4. The number of anilines is 2. The van der Waals surface area contributed by atoms with E-state index in [1.807, 2.05) is 6.92 Å². The lowest BCUT2D eigenvalue weighted by molar-refractivity contribution is -0.118. The highest BCUT2D eigenvalue weighted by molar-refractivity contribution is 7.92. The summed E-state index contributed by atoms with van der Waals surface area (Å²) in [5, 5.41) is 6.06. The molecular weight excluding hydrogens is 386 g/mol. The van der Waals surface area contributed by atoms with Gasteiger partial charge in [0.25, 0.3) is 10.0 Å². The van der Waals surface area contributed by atoms with Crippen molar-refractivity contribution < 1.29 is 13.2 Å². The van der Waals surface area contributed by atoms with Gasteiger partial charge in [-0.3, -0.25) is 9.52 Å². The molecule has 0 bridgehead atoms. The third-order valence-corrected chi connectivity index (χ3v) is 5.76. The van der Waals surface area contributed by atoms with E-state index in [1.54, 1.807) is 48.5 Å². The first-order valence-electron chi connectivity index (χ1n) is 8.68. The largest absolute Gasteiger partial charge is 0.325 e. The highest BCUT2D eigenvalue weighted by Crippen LogP contribution is 2.19. The molecule has 1 fully saturated rings. The molecule has 6 nitrogen and oxygen atoms in total. The van der Waals surface area contributed by atoms with Gasteiger partial charge in [0.1, 0.15) is 0 Å². The van der Waals surface area contributed by atoms with Gasteiger partial charge in [0.15, 0.2) is 0 Å². The maximum Gasteiger partial charge on any atom is 0.261 e. The minimum absolute atomic E-state index is 0. The average molecular weight is 410 g/mol. The van der Waals surface area contributed by atoms with E-state index in [-0.39, 0.29) is 29.3 Å². The Morgan fingerprint density at radius 3 is 2.22 bits per heavy atom. The van der Waals surface area contributed by atoms with Crippen molar-refractivity contribution in [1.82, 2.24) is 5.32 Å². The number of nitrogens with one attached hydrogen (secondary N) is 3. The van der Waals surface area contributed by atoms with Gasteiger partial charge in [0.2, 0.25) is 5.91 Å². The van der Waals surface area contributed by atoms with Crippen molar-refractivity contribution in [3.63, 3.8) is 0 Å². The number of halogens is 1. The standard InChI is InChI=1S/C19H23N3O3S.ClH/c1-14-5-11-17(12-6-14)26(24,25)22-16-9-7-15(8-10-16)21-19(23)18-4-2-3-13-20-18;/h5-12,18,20,22H,2-4,13H2,1H3,(H,21,23);1H. The molecule has 1 unspecified atom stereocenters. The van der Waals surface area contributed by atoms with Crippen LogP contribution in [0.1, 0.15) is 24.8 Å². The summed E-state index contributed by atoms with van der Waals surface area (Å²) in [7, 11) is -3.63. The summed E-state index contributed by atoms with van der Waals surface area (Å²) in [5.74, 6) is -0.0577. The second-order valence-corrected chi connectivity index (χ2v) is 8.17. The lowest BCUT2D eigenvalue weighted by atomic mass is 10.0. The smallest absolute Gasteiger partial charge is 0.261 e. The Morgan fingerprint density at radius 2 is 1.63 bits per heavy atom. The predicted octanol–water partition coefficient (Wildman–Crippen LogP) is 3.30. The Labute approximate surface area is 166 Å². The van der Waals surface area contributed by atoms with E-state index >= 15 is 0 Å². The molecule has 1 aliphatic heterocycles. The van der Waals surface area contributed by atoms with Crippen LogP contribution in [0.25, 0.3) is 0 Å². The second-order valence-electron chi connectivity index (χ2n) is 6.49. The first-order chi connectivity index (χ1) is 12.4. The predicted molar refractivity (Wildman–Crippen MR) is 110 cm³/mol. The molecule has 1 aliphatic rings. The van der Waals surface area contributed by atoms with Crippen molar-refractivity contribution in [3.05, 3.63) is 54.1 Å². The molecule has 1 atom stereocenters. The van der Waals surface area contributed by atoms with Gasteiger partial charge >= 0.3 is 0 Å². The topological polar surface area (TPSA) is 87.3 Å². The Balaban J connectivity index is 0.00000261. The Bertz CT molecular complexity index is 862. The highest BCUT2D eigenvalue weighted by atomic mass is 35.5. The van der Waals surface area contributed by atoms with Crippen LogP contribution in [0.3, 0.4) is 0 Å². The van der Waals surface area contributed by atoms with Gasteiger partial charge in [-0.1, -0.05) is 24.1 Å². The number of amides is 1. The van der Waals surface area contributed by atoms with Gasteiger partial charge in [-0.2, -0.15) is 0 Å². The molecule has 3 rings (SSSR count). The van der Waals surface area contributed by atoms with Crippen LogP contribution in [0.4, 0.5) is 11.4 Å². The third-order valence-electron chi connectivity index (χ3n) is 4.36. The molecule has 8 heteroatoms. The monoisotopic (exact) mass is 409 g/mol. The Hall–Kier alpha value is -2.09. The highest BCUT2D eigenvalue weighted by Gasteiger charge is 2.20. The van der Waals surface area contributed by atoms with Crippen molar-refractivity contribution in [2.75, 3.05) is 16.6 Å². The molecule has 0 aliphatic carbocycles. The Morgan fingerprint density at radius 1 is 1.00 bits per heavy atom. The summed E-state index contributed by atoms with van der Waals surface area (Å²) in [6.07, 6.45) is 2.98. The van der Waals surface area contributed by atoms with Crippen molar-refractivity contribution in [3.8, 4) is 0 Å². The zero-order valence-electron chi connectivity index (χ0n) is 15.1. The van der Waals surface area contributed by atoms with Gasteiger partial charge < -0.3 is 10.6 Å². The van der Waals surface area contributed by atoms with Crippen LogP contribution < -0.4 is 15.4 Å². The van der Waals surface area contributed by atoms with Crippen molar-refractivity contribution >= 4 is 39.7 Å². The van der Waals surface area contributed by atoms with Crippen LogP contribution in [-0.4, -0.2) is 26.9 Å². The van der Waals surface area contributed by atoms with Crippen molar-refractivity contribution in [2.24, 2.45) is 0 Å². The first kappa shape index (κ1) is 21.2. The summed E-state index contributed by atoms with van der Waals surface area (Å²) >= 11 is 0. The number of hydrogen-bond donors (Lipinski definition) is 3. The number of sulfonamides is 1. The molecule has 2 aromatic carbocycles. The molecule has 27 heavy (non-hydrogen) atoms. The molecule has 1 heterocycles. The number of aryl methyl sites for hydroxylation is 1. The fraction of sp³-hybridized carbons (Fsp3) is 0.316. The first-order valence-corrected chi connectivity index (χ1v) is 10.2. The molecule has 0 saturated carbocycles. The van der Waals surface area contributed by atoms with Crippen LogP contribution >= 0.6 is 12.4 Å². The zero-order chi connectivity index (χ0) is 18.6. The average Bonchev–Trinajstić information content (AvgIpc) is 2.64. The van der Waals surface area contributed by atoms with Crippen LogP contribution in [0, 0.1) is 6.92 Å². The maximum atomic E-state index is 12.4. The number of benzene rings is 2. The second kappa shape index (κ2) is 9.21. The third kappa shape index (κ3) is 5.69. The lowest BCUT2D eigenvalue weighted by Gasteiger charge is -2.22. The van der Waals surface area contributed by atoms with E-state index in [0.717, 1.165) is 31.4 Å².